The molecule has 0 heterocycles. The minimum absolute atomic E-state index is 0.156. The van der Waals surface area contributed by atoms with Gasteiger partial charge in [0.1, 0.15) is 5.60 Å². The van der Waals surface area contributed by atoms with Crippen LogP contribution in [0.15, 0.2) is 0 Å². The molecule has 0 aromatic carbocycles. The molecular formula is C15H26N2O3. The van der Waals surface area contributed by atoms with Crippen molar-refractivity contribution in [1.29, 1.82) is 0 Å². The van der Waals surface area contributed by atoms with Gasteiger partial charge in [0.05, 0.1) is 0 Å². The number of amides is 2. The molecular weight excluding hydrogens is 256 g/mol. The molecule has 2 fully saturated rings. The average molecular weight is 282 g/mol. The van der Waals surface area contributed by atoms with Crippen molar-refractivity contribution in [3.63, 3.8) is 0 Å². The van der Waals surface area contributed by atoms with Gasteiger partial charge < -0.3 is 15.4 Å². The Hall–Kier alpha value is -1.26. The van der Waals surface area contributed by atoms with E-state index in [9.17, 15) is 9.59 Å². The maximum absolute atomic E-state index is 12.1. The lowest BCUT2D eigenvalue weighted by Crippen LogP contribution is -2.40. The summed E-state index contributed by atoms with van der Waals surface area (Å²) in [6.45, 7) is 6.34. The van der Waals surface area contributed by atoms with Crippen molar-refractivity contribution in [3.8, 4) is 0 Å². The highest BCUT2D eigenvalue weighted by atomic mass is 16.6. The Morgan fingerprint density at radius 1 is 1.10 bits per heavy atom. The number of fused-ring (bicyclic) bond motifs is 2. The van der Waals surface area contributed by atoms with E-state index in [1.54, 1.807) is 0 Å². The summed E-state index contributed by atoms with van der Waals surface area (Å²) >= 11 is 0. The van der Waals surface area contributed by atoms with Crippen LogP contribution in [0.2, 0.25) is 0 Å². The minimum Gasteiger partial charge on any atom is -0.444 e. The number of hydrogen-bond acceptors (Lipinski definition) is 3. The van der Waals surface area contributed by atoms with E-state index in [1.165, 1.54) is 19.3 Å². The molecule has 2 N–H and O–H groups in total. The van der Waals surface area contributed by atoms with E-state index >= 15 is 0 Å². The first kappa shape index (κ1) is 15.1. The van der Waals surface area contributed by atoms with Crippen molar-refractivity contribution in [3.05, 3.63) is 0 Å². The summed E-state index contributed by atoms with van der Waals surface area (Å²) in [4.78, 5) is 23.5. The number of rotatable bonds is 4. The molecule has 5 nitrogen and oxygen atoms in total. The van der Waals surface area contributed by atoms with E-state index < -0.39 is 11.7 Å². The smallest absolute Gasteiger partial charge is 0.407 e. The van der Waals surface area contributed by atoms with Crippen LogP contribution in [-0.2, 0) is 9.53 Å². The SMILES string of the molecule is CC(C)(C)OC(=O)NCCNC(=O)C1CC2CCC1C2. The van der Waals surface area contributed by atoms with Gasteiger partial charge in [0.2, 0.25) is 5.91 Å². The standard InChI is InChI=1S/C15H26N2O3/c1-15(2,3)20-14(19)17-7-6-16-13(18)12-9-10-4-5-11(12)8-10/h10-12H,4-9H2,1-3H3,(H,16,18)(H,17,19). The van der Waals surface area contributed by atoms with Gasteiger partial charge in [0.25, 0.3) is 0 Å². The topological polar surface area (TPSA) is 67.4 Å². The predicted molar refractivity (Wildman–Crippen MR) is 76.2 cm³/mol. The third kappa shape index (κ3) is 4.12. The number of nitrogens with one attached hydrogen (secondary N) is 2. The molecule has 114 valence electrons. The first-order valence-electron chi connectivity index (χ1n) is 7.60. The predicted octanol–water partition coefficient (Wildman–Crippen LogP) is 2.06. The van der Waals surface area contributed by atoms with Crippen molar-refractivity contribution in [2.45, 2.75) is 52.1 Å². The van der Waals surface area contributed by atoms with Crippen LogP contribution in [0, 0.1) is 17.8 Å². The molecule has 0 radical (unpaired) electrons. The number of carbonyl (C=O) groups excluding carboxylic acids is 2. The van der Waals surface area contributed by atoms with Gasteiger partial charge in [-0.05, 0) is 51.9 Å². The van der Waals surface area contributed by atoms with Crippen LogP contribution < -0.4 is 10.6 Å². The molecule has 3 unspecified atom stereocenters. The molecule has 0 aromatic heterocycles. The Morgan fingerprint density at radius 3 is 2.35 bits per heavy atom. The molecule has 0 spiro atoms. The zero-order valence-electron chi connectivity index (χ0n) is 12.7. The van der Waals surface area contributed by atoms with E-state index in [0.29, 0.717) is 19.0 Å². The lowest BCUT2D eigenvalue weighted by Gasteiger charge is -2.21. The number of ether oxygens (including phenoxy) is 1. The van der Waals surface area contributed by atoms with Gasteiger partial charge in [-0.1, -0.05) is 6.42 Å². The molecule has 2 saturated carbocycles. The van der Waals surface area contributed by atoms with E-state index in [4.69, 9.17) is 4.74 Å². The fourth-order valence-electron chi connectivity index (χ4n) is 3.36. The van der Waals surface area contributed by atoms with Gasteiger partial charge in [-0.25, -0.2) is 4.79 Å². The Balaban J connectivity index is 1.59. The highest BCUT2D eigenvalue weighted by Gasteiger charge is 2.42. The van der Waals surface area contributed by atoms with Crippen LogP contribution in [0.3, 0.4) is 0 Å². The summed E-state index contributed by atoms with van der Waals surface area (Å²) in [5.41, 5.74) is -0.490. The largest absolute Gasteiger partial charge is 0.444 e. The van der Waals surface area contributed by atoms with Gasteiger partial charge in [-0.2, -0.15) is 0 Å². The first-order valence-corrected chi connectivity index (χ1v) is 7.60. The van der Waals surface area contributed by atoms with Gasteiger partial charge in [-0.3, -0.25) is 4.79 Å². The Kier molecular flexibility index (Phi) is 4.55. The molecule has 2 aliphatic carbocycles. The second kappa shape index (κ2) is 6.02. The highest BCUT2D eigenvalue weighted by Crippen LogP contribution is 2.48. The molecule has 2 bridgehead atoms. The summed E-state index contributed by atoms with van der Waals surface area (Å²) in [6, 6.07) is 0. The van der Waals surface area contributed by atoms with Gasteiger partial charge in [-0.15, -0.1) is 0 Å². The van der Waals surface area contributed by atoms with Crippen molar-refractivity contribution in [2.24, 2.45) is 17.8 Å². The van der Waals surface area contributed by atoms with Crippen LogP contribution in [0.25, 0.3) is 0 Å². The Morgan fingerprint density at radius 2 is 1.80 bits per heavy atom. The molecule has 2 aliphatic rings. The lowest BCUT2D eigenvalue weighted by atomic mass is 9.88. The Labute approximate surface area is 120 Å². The van der Waals surface area contributed by atoms with Gasteiger partial charge in [0, 0.05) is 19.0 Å². The molecule has 5 heteroatoms. The lowest BCUT2D eigenvalue weighted by molar-refractivity contribution is -0.126. The fourth-order valence-corrected chi connectivity index (χ4v) is 3.36. The van der Waals surface area contributed by atoms with Crippen LogP contribution in [0.5, 0.6) is 0 Å². The first-order chi connectivity index (χ1) is 9.35. The maximum Gasteiger partial charge on any atom is 0.407 e. The van der Waals surface area contributed by atoms with Crippen molar-refractivity contribution < 1.29 is 14.3 Å². The summed E-state index contributed by atoms with van der Waals surface area (Å²) in [6.07, 6.45) is 4.35. The van der Waals surface area contributed by atoms with E-state index in [1.807, 2.05) is 20.8 Å². The third-order valence-corrected chi connectivity index (χ3v) is 4.17. The van der Waals surface area contributed by atoms with E-state index in [2.05, 4.69) is 10.6 Å². The van der Waals surface area contributed by atoms with Gasteiger partial charge >= 0.3 is 6.09 Å². The molecule has 0 saturated heterocycles. The molecule has 0 aromatic rings. The zero-order chi connectivity index (χ0) is 14.8. The van der Waals surface area contributed by atoms with Crippen molar-refractivity contribution in [1.82, 2.24) is 10.6 Å². The minimum atomic E-state index is -0.490. The maximum atomic E-state index is 12.1. The average Bonchev–Trinajstić information content (AvgIpc) is 2.94. The zero-order valence-corrected chi connectivity index (χ0v) is 12.7. The third-order valence-electron chi connectivity index (χ3n) is 4.17. The number of hydrogen-bond donors (Lipinski definition) is 2. The van der Waals surface area contributed by atoms with Crippen molar-refractivity contribution >= 4 is 12.0 Å². The van der Waals surface area contributed by atoms with E-state index in [0.717, 1.165) is 12.3 Å². The number of carbonyl (C=O) groups is 2. The van der Waals surface area contributed by atoms with Crippen LogP contribution >= 0.6 is 0 Å². The molecule has 20 heavy (non-hydrogen) atoms. The van der Waals surface area contributed by atoms with Crippen molar-refractivity contribution in [2.75, 3.05) is 13.1 Å². The van der Waals surface area contributed by atoms with Gasteiger partial charge in [0.15, 0.2) is 0 Å². The van der Waals surface area contributed by atoms with E-state index in [-0.39, 0.29) is 11.8 Å². The summed E-state index contributed by atoms with van der Waals surface area (Å²) in [5, 5.41) is 5.56. The fraction of sp³-hybridized carbons (Fsp3) is 0.867. The second-order valence-electron chi connectivity index (χ2n) is 7.00. The molecule has 2 rings (SSSR count). The Bertz CT molecular complexity index is 376. The molecule has 3 atom stereocenters. The van der Waals surface area contributed by atoms with Crippen LogP contribution in [0.4, 0.5) is 4.79 Å². The normalized spacial score (nSPS) is 28.2. The monoisotopic (exact) mass is 282 g/mol. The van der Waals surface area contributed by atoms with Crippen LogP contribution in [-0.4, -0.2) is 30.7 Å². The molecule has 0 aliphatic heterocycles. The molecule has 2 amide bonds. The summed E-state index contributed by atoms with van der Waals surface area (Å²) < 4.78 is 5.12. The summed E-state index contributed by atoms with van der Waals surface area (Å²) in [5.74, 6) is 1.73. The van der Waals surface area contributed by atoms with Crippen LogP contribution in [0.1, 0.15) is 46.5 Å². The quantitative estimate of drug-likeness (QED) is 0.776. The summed E-state index contributed by atoms with van der Waals surface area (Å²) in [7, 11) is 0. The second-order valence-corrected chi connectivity index (χ2v) is 7.00. The number of alkyl carbamates (subject to hydrolysis) is 1. The highest BCUT2D eigenvalue weighted by molar-refractivity contribution is 5.79.